The summed E-state index contributed by atoms with van der Waals surface area (Å²) in [4.78, 5) is 2.46. The lowest BCUT2D eigenvalue weighted by Crippen LogP contribution is -2.26. The fourth-order valence-corrected chi connectivity index (χ4v) is 2.62. The van der Waals surface area contributed by atoms with Crippen LogP contribution in [-0.2, 0) is 13.1 Å². The first-order chi connectivity index (χ1) is 9.30. The van der Waals surface area contributed by atoms with Gasteiger partial charge in [-0.1, -0.05) is 26.0 Å². The monoisotopic (exact) mass is 259 g/mol. The van der Waals surface area contributed by atoms with E-state index in [2.05, 4.69) is 59.1 Å². The summed E-state index contributed by atoms with van der Waals surface area (Å²) in [6.07, 6.45) is 2.22. The van der Waals surface area contributed by atoms with Gasteiger partial charge in [0.15, 0.2) is 0 Å². The number of nitrogens with zero attached hydrogens (tertiary/aromatic N) is 2. The van der Waals surface area contributed by atoms with Crippen molar-refractivity contribution in [2.24, 2.45) is 0 Å². The number of nitrogens with one attached hydrogen (secondary N) is 1. The number of hydrogen-bond acceptors (Lipinski definition) is 2. The van der Waals surface area contributed by atoms with Gasteiger partial charge in [-0.2, -0.15) is 0 Å². The molecule has 1 N–H and O–H groups in total. The first-order valence-electron chi connectivity index (χ1n) is 7.23. The molecular formula is C16H25N3. The number of likely N-dealkylation sites (N-methyl/N-ethyl adjacent to an activating group) is 1. The van der Waals surface area contributed by atoms with Crippen LogP contribution < -0.4 is 5.32 Å². The predicted molar refractivity (Wildman–Crippen MR) is 82.5 cm³/mol. The fraction of sp³-hybridized carbons (Fsp3) is 0.500. The second kappa shape index (κ2) is 6.73. The van der Waals surface area contributed by atoms with Gasteiger partial charge < -0.3 is 14.8 Å². The molecular weight excluding hydrogens is 234 g/mol. The molecule has 0 radical (unpaired) electrons. The molecule has 0 aliphatic heterocycles. The van der Waals surface area contributed by atoms with Crippen LogP contribution in [0.5, 0.6) is 0 Å². The fourth-order valence-electron chi connectivity index (χ4n) is 2.62. The SMILES string of the molecule is CCN(CC)CCn1ccc2c(CNC)cccc21. The Morgan fingerprint density at radius 3 is 2.63 bits per heavy atom. The van der Waals surface area contributed by atoms with Gasteiger partial charge in [0.1, 0.15) is 0 Å². The van der Waals surface area contributed by atoms with Gasteiger partial charge in [0.2, 0.25) is 0 Å². The van der Waals surface area contributed by atoms with E-state index < -0.39 is 0 Å². The Hall–Kier alpha value is -1.32. The Kier molecular flexibility index (Phi) is 5.00. The van der Waals surface area contributed by atoms with Gasteiger partial charge in [0.25, 0.3) is 0 Å². The molecule has 1 aromatic heterocycles. The molecule has 1 aromatic carbocycles. The molecule has 1 heterocycles. The summed E-state index contributed by atoms with van der Waals surface area (Å²) in [5.41, 5.74) is 2.72. The first kappa shape index (κ1) is 14.1. The summed E-state index contributed by atoms with van der Waals surface area (Å²) in [6.45, 7) is 9.81. The number of hydrogen-bond donors (Lipinski definition) is 1. The molecule has 0 aliphatic rings. The third-order valence-corrected chi connectivity index (χ3v) is 3.82. The van der Waals surface area contributed by atoms with Crippen molar-refractivity contribution in [3.8, 4) is 0 Å². The van der Waals surface area contributed by atoms with E-state index in [1.165, 1.54) is 16.5 Å². The molecule has 0 atom stereocenters. The van der Waals surface area contributed by atoms with Crippen molar-refractivity contribution >= 4 is 10.9 Å². The van der Waals surface area contributed by atoms with Gasteiger partial charge in [-0.25, -0.2) is 0 Å². The lowest BCUT2D eigenvalue weighted by Gasteiger charge is -2.18. The third-order valence-electron chi connectivity index (χ3n) is 3.82. The van der Waals surface area contributed by atoms with Crippen LogP contribution in [0.4, 0.5) is 0 Å². The van der Waals surface area contributed by atoms with Gasteiger partial charge >= 0.3 is 0 Å². The highest BCUT2D eigenvalue weighted by molar-refractivity contribution is 5.83. The predicted octanol–water partition coefficient (Wildman–Crippen LogP) is 2.70. The largest absolute Gasteiger partial charge is 0.346 e. The van der Waals surface area contributed by atoms with E-state index in [0.717, 1.165) is 32.7 Å². The molecule has 0 amide bonds. The first-order valence-corrected chi connectivity index (χ1v) is 7.23. The lowest BCUT2D eigenvalue weighted by atomic mass is 10.1. The Bertz CT molecular complexity index is 512. The number of fused-ring (bicyclic) bond motifs is 1. The molecule has 2 rings (SSSR count). The van der Waals surface area contributed by atoms with E-state index in [1.54, 1.807) is 0 Å². The van der Waals surface area contributed by atoms with Crippen molar-refractivity contribution < 1.29 is 0 Å². The second-order valence-electron chi connectivity index (χ2n) is 4.92. The van der Waals surface area contributed by atoms with Crippen LogP contribution in [0.1, 0.15) is 19.4 Å². The maximum atomic E-state index is 3.24. The Morgan fingerprint density at radius 1 is 1.16 bits per heavy atom. The molecule has 0 aliphatic carbocycles. The highest BCUT2D eigenvalue weighted by atomic mass is 15.1. The average molecular weight is 259 g/mol. The van der Waals surface area contributed by atoms with Gasteiger partial charge in [0, 0.05) is 36.7 Å². The van der Waals surface area contributed by atoms with Crippen molar-refractivity contribution in [3.05, 3.63) is 36.0 Å². The number of benzene rings is 1. The number of aromatic nitrogens is 1. The molecule has 0 bridgehead atoms. The molecule has 0 saturated heterocycles. The summed E-state index contributed by atoms with van der Waals surface area (Å²) in [5, 5.41) is 4.61. The summed E-state index contributed by atoms with van der Waals surface area (Å²) in [5.74, 6) is 0. The summed E-state index contributed by atoms with van der Waals surface area (Å²) in [7, 11) is 2.00. The van der Waals surface area contributed by atoms with E-state index >= 15 is 0 Å². The van der Waals surface area contributed by atoms with E-state index in [1.807, 2.05) is 7.05 Å². The van der Waals surface area contributed by atoms with Crippen LogP contribution in [0.15, 0.2) is 30.5 Å². The second-order valence-corrected chi connectivity index (χ2v) is 4.92. The third kappa shape index (κ3) is 3.17. The average Bonchev–Trinajstić information content (AvgIpc) is 2.85. The zero-order chi connectivity index (χ0) is 13.7. The summed E-state index contributed by atoms with van der Waals surface area (Å²) < 4.78 is 2.37. The zero-order valence-electron chi connectivity index (χ0n) is 12.3. The van der Waals surface area contributed by atoms with Gasteiger partial charge in [0.05, 0.1) is 0 Å². The van der Waals surface area contributed by atoms with Crippen LogP contribution in [0.25, 0.3) is 10.9 Å². The summed E-state index contributed by atoms with van der Waals surface area (Å²) >= 11 is 0. The van der Waals surface area contributed by atoms with Crippen LogP contribution in [0.2, 0.25) is 0 Å². The maximum Gasteiger partial charge on any atom is 0.0483 e. The molecule has 104 valence electrons. The van der Waals surface area contributed by atoms with Crippen molar-refractivity contribution in [1.82, 2.24) is 14.8 Å². The standard InChI is InChI=1S/C16H25N3/c1-4-18(5-2)11-12-19-10-9-15-14(13-17-3)7-6-8-16(15)19/h6-10,17H,4-5,11-13H2,1-3H3. The molecule has 19 heavy (non-hydrogen) atoms. The molecule has 0 unspecified atom stereocenters. The molecule has 0 fully saturated rings. The van der Waals surface area contributed by atoms with E-state index in [0.29, 0.717) is 0 Å². The van der Waals surface area contributed by atoms with Crippen molar-refractivity contribution in [1.29, 1.82) is 0 Å². The van der Waals surface area contributed by atoms with E-state index in [4.69, 9.17) is 0 Å². The van der Waals surface area contributed by atoms with Crippen molar-refractivity contribution in [3.63, 3.8) is 0 Å². The van der Waals surface area contributed by atoms with Gasteiger partial charge in [-0.15, -0.1) is 0 Å². The van der Waals surface area contributed by atoms with Crippen LogP contribution in [0, 0.1) is 0 Å². The Labute approximate surface area is 116 Å². The quantitative estimate of drug-likeness (QED) is 0.825. The van der Waals surface area contributed by atoms with Crippen molar-refractivity contribution in [2.45, 2.75) is 26.9 Å². The smallest absolute Gasteiger partial charge is 0.0483 e. The minimum atomic E-state index is 0.928. The highest BCUT2D eigenvalue weighted by Crippen LogP contribution is 2.20. The minimum Gasteiger partial charge on any atom is -0.346 e. The molecule has 3 heteroatoms. The topological polar surface area (TPSA) is 20.2 Å². The number of rotatable bonds is 7. The molecule has 0 saturated carbocycles. The molecule has 2 aromatic rings. The Morgan fingerprint density at radius 2 is 1.95 bits per heavy atom. The van der Waals surface area contributed by atoms with Gasteiger partial charge in [-0.3, -0.25) is 0 Å². The van der Waals surface area contributed by atoms with Crippen molar-refractivity contribution in [2.75, 3.05) is 26.7 Å². The van der Waals surface area contributed by atoms with E-state index in [9.17, 15) is 0 Å². The molecule has 0 spiro atoms. The van der Waals surface area contributed by atoms with E-state index in [-0.39, 0.29) is 0 Å². The maximum absolute atomic E-state index is 3.24. The Balaban J connectivity index is 2.18. The van der Waals surface area contributed by atoms with Crippen LogP contribution in [-0.4, -0.2) is 36.1 Å². The zero-order valence-corrected chi connectivity index (χ0v) is 12.3. The normalized spacial score (nSPS) is 11.6. The van der Waals surface area contributed by atoms with Gasteiger partial charge in [-0.05, 0) is 37.8 Å². The van der Waals surface area contributed by atoms with Crippen LogP contribution >= 0.6 is 0 Å². The molecule has 3 nitrogen and oxygen atoms in total. The highest BCUT2D eigenvalue weighted by Gasteiger charge is 2.06. The minimum absolute atomic E-state index is 0.928. The van der Waals surface area contributed by atoms with Crippen LogP contribution in [0.3, 0.4) is 0 Å². The summed E-state index contributed by atoms with van der Waals surface area (Å²) in [6, 6.07) is 8.82. The lowest BCUT2D eigenvalue weighted by molar-refractivity contribution is 0.292.